The molecule has 0 saturated carbocycles. The number of nitrogens with zero attached hydrogens (tertiary/aromatic N) is 1. The standard InChI is InChI=1S/C8H16NO/c1-4-9-7(2)5-10-6-8(9)3/h7-8H,1,4-6H2,2-3H3/t7-,8-/m0/s1. The molecule has 10 heavy (non-hydrogen) atoms. The van der Waals surface area contributed by atoms with Crippen molar-refractivity contribution in [2.45, 2.75) is 25.9 Å². The Kier molecular flexibility index (Phi) is 2.69. The van der Waals surface area contributed by atoms with Gasteiger partial charge >= 0.3 is 0 Å². The van der Waals surface area contributed by atoms with Crippen LogP contribution in [0.15, 0.2) is 0 Å². The summed E-state index contributed by atoms with van der Waals surface area (Å²) in [4.78, 5) is 2.36. The van der Waals surface area contributed by atoms with Gasteiger partial charge in [0.1, 0.15) is 0 Å². The second kappa shape index (κ2) is 3.35. The zero-order valence-electron chi connectivity index (χ0n) is 6.84. The van der Waals surface area contributed by atoms with Gasteiger partial charge in [0, 0.05) is 12.1 Å². The van der Waals surface area contributed by atoms with Crippen molar-refractivity contribution in [2.24, 2.45) is 0 Å². The van der Waals surface area contributed by atoms with Gasteiger partial charge in [0.25, 0.3) is 0 Å². The highest BCUT2D eigenvalue weighted by atomic mass is 16.5. The molecule has 1 radical (unpaired) electrons. The third-order valence-electron chi connectivity index (χ3n) is 2.11. The average Bonchev–Trinajstić information content (AvgIpc) is 1.88. The fourth-order valence-corrected chi connectivity index (χ4v) is 1.48. The fraction of sp³-hybridized carbons (Fsp3) is 0.875. The van der Waals surface area contributed by atoms with Gasteiger partial charge in [0.2, 0.25) is 0 Å². The molecule has 1 heterocycles. The highest BCUT2D eigenvalue weighted by Crippen LogP contribution is 2.11. The molecule has 0 aromatic rings. The van der Waals surface area contributed by atoms with E-state index in [-0.39, 0.29) is 0 Å². The van der Waals surface area contributed by atoms with Crippen LogP contribution >= 0.6 is 0 Å². The molecule has 0 aromatic carbocycles. The van der Waals surface area contributed by atoms with Gasteiger partial charge in [-0.1, -0.05) is 0 Å². The third-order valence-corrected chi connectivity index (χ3v) is 2.11. The maximum absolute atomic E-state index is 5.36. The zero-order chi connectivity index (χ0) is 7.56. The minimum atomic E-state index is 0.543. The van der Waals surface area contributed by atoms with E-state index in [1.165, 1.54) is 0 Å². The van der Waals surface area contributed by atoms with E-state index in [0.29, 0.717) is 12.1 Å². The topological polar surface area (TPSA) is 12.5 Å². The molecular weight excluding hydrogens is 126 g/mol. The molecule has 0 aromatic heterocycles. The largest absolute Gasteiger partial charge is 0.378 e. The van der Waals surface area contributed by atoms with Crippen molar-refractivity contribution in [3.63, 3.8) is 0 Å². The smallest absolute Gasteiger partial charge is 0.0620 e. The zero-order valence-corrected chi connectivity index (χ0v) is 6.84. The molecule has 1 rings (SSSR count). The Morgan fingerprint density at radius 3 is 2.20 bits per heavy atom. The molecule has 2 atom stereocenters. The van der Waals surface area contributed by atoms with Crippen LogP contribution in [0.2, 0.25) is 0 Å². The second-order valence-corrected chi connectivity index (χ2v) is 2.97. The Morgan fingerprint density at radius 1 is 1.40 bits per heavy atom. The van der Waals surface area contributed by atoms with Gasteiger partial charge in [-0.2, -0.15) is 0 Å². The van der Waals surface area contributed by atoms with Crippen molar-refractivity contribution in [3.8, 4) is 0 Å². The second-order valence-electron chi connectivity index (χ2n) is 2.97. The van der Waals surface area contributed by atoms with E-state index in [9.17, 15) is 0 Å². The summed E-state index contributed by atoms with van der Waals surface area (Å²) in [5.74, 6) is 0. The van der Waals surface area contributed by atoms with Crippen LogP contribution in [0.25, 0.3) is 0 Å². The van der Waals surface area contributed by atoms with Gasteiger partial charge in [0.05, 0.1) is 13.2 Å². The Balaban J connectivity index is 2.45. The molecule has 59 valence electrons. The molecule has 2 nitrogen and oxygen atoms in total. The molecule has 1 saturated heterocycles. The Labute approximate surface area is 63.2 Å². The lowest BCUT2D eigenvalue weighted by atomic mass is 10.2. The van der Waals surface area contributed by atoms with E-state index in [0.717, 1.165) is 19.8 Å². The molecule has 0 unspecified atom stereocenters. The summed E-state index contributed by atoms with van der Waals surface area (Å²) in [5.41, 5.74) is 0. The lowest BCUT2D eigenvalue weighted by Crippen LogP contribution is -2.49. The number of morpholine rings is 1. The summed E-state index contributed by atoms with van der Waals surface area (Å²) in [7, 11) is 0. The maximum Gasteiger partial charge on any atom is 0.0620 e. The quantitative estimate of drug-likeness (QED) is 0.540. The lowest BCUT2D eigenvalue weighted by molar-refractivity contribution is -0.0309. The van der Waals surface area contributed by atoms with Crippen molar-refractivity contribution >= 4 is 0 Å². The van der Waals surface area contributed by atoms with Crippen LogP contribution < -0.4 is 0 Å². The summed E-state index contributed by atoms with van der Waals surface area (Å²) in [6, 6.07) is 1.09. The van der Waals surface area contributed by atoms with Crippen LogP contribution in [-0.2, 0) is 4.74 Å². The van der Waals surface area contributed by atoms with Gasteiger partial charge in [0.15, 0.2) is 0 Å². The van der Waals surface area contributed by atoms with E-state index in [4.69, 9.17) is 4.74 Å². The van der Waals surface area contributed by atoms with Gasteiger partial charge in [-0.15, -0.1) is 0 Å². The first-order valence-corrected chi connectivity index (χ1v) is 3.88. The van der Waals surface area contributed by atoms with Gasteiger partial charge in [-0.05, 0) is 27.3 Å². The van der Waals surface area contributed by atoms with E-state index in [2.05, 4.69) is 25.7 Å². The highest BCUT2D eigenvalue weighted by molar-refractivity contribution is 4.77. The number of ether oxygens (including phenoxy) is 1. The third kappa shape index (κ3) is 1.50. The lowest BCUT2D eigenvalue weighted by Gasteiger charge is -2.37. The number of hydrogen-bond donors (Lipinski definition) is 0. The summed E-state index contributed by atoms with van der Waals surface area (Å²) in [5, 5.41) is 0. The van der Waals surface area contributed by atoms with Crippen molar-refractivity contribution in [3.05, 3.63) is 6.92 Å². The molecule has 0 N–H and O–H groups in total. The predicted octanol–water partition coefficient (Wildman–Crippen LogP) is 0.930. The fourth-order valence-electron chi connectivity index (χ4n) is 1.48. The van der Waals surface area contributed by atoms with Crippen molar-refractivity contribution in [1.29, 1.82) is 0 Å². The van der Waals surface area contributed by atoms with Crippen LogP contribution in [0.5, 0.6) is 0 Å². The van der Waals surface area contributed by atoms with Crippen LogP contribution in [0.4, 0.5) is 0 Å². The molecule has 0 bridgehead atoms. The normalized spacial score (nSPS) is 36.3. The Morgan fingerprint density at radius 2 is 1.90 bits per heavy atom. The Bertz CT molecular complexity index is 95.4. The summed E-state index contributed by atoms with van der Waals surface area (Å²) < 4.78 is 5.36. The van der Waals surface area contributed by atoms with Crippen LogP contribution in [0, 0.1) is 6.92 Å². The SMILES string of the molecule is [CH2]CN1[C@@H](C)COC[C@@H]1C. The summed E-state index contributed by atoms with van der Waals surface area (Å²) >= 11 is 0. The molecular formula is C8H16NO. The van der Waals surface area contributed by atoms with E-state index >= 15 is 0 Å². The number of hydrogen-bond acceptors (Lipinski definition) is 2. The maximum atomic E-state index is 5.36. The number of rotatable bonds is 1. The average molecular weight is 142 g/mol. The molecule has 0 aliphatic carbocycles. The minimum absolute atomic E-state index is 0.543. The highest BCUT2D eigenvalue weighted by Gasteiger charge is 2.22. The summed E-state index contributed by atoms with van der Waals surface area (Å²) in [6.07, 6.45) is 0. The van der Waals surface area contributed by atoms with E-state index in [1.54, 1.807) is 0 Å². The minimum Gasteiger partial charge on any atom is -0.378 e. The molecule has 1 aliphatic heterocycles. The summed E-state index contributed by atoms with van der Waals surface area (Å²) in [6.45, 7) is 10.9. The van der Waals surface area contributed by atoms with Crippen LogP contribution in [0.3, 0.4) is 0 Å². The first kappa shape index (κ1) is 8.02. The molecule has 0 spiro atoms. The first-order valence-electron chi connectivity index (χ1n) is 3.88. The van der Waals surface area contributed by atoms with Gasteiger partial charge in [-0.25, -0.2) is 0 Å². The van der Waals surface area contributed by atoms with Gasteiger partial charge < -0.3 is 4.74 Å². The van der Waals surface area contributed by atoms with Gasteiger partial charge in [-0.3, -0.25) is 4.90 Å². The van der Waals surface area contributed by atoms with Crippen molar-refractivity contribution in [1.82, 2.24) is 4.90 Å². The van der Waals surface area contributed by atoms with Crippen molar-refractivity contribution < 1.29 is 4.74 Å². The molecule has 1 fully saturated rings. The van der Waals surface area contributed by atoms with Crippen LogP contribution in [-0.4, -0.2) is 36.7 Å². The van der Waals surface area contributed by atoms with Crippen molar-refractivity contribution in [2.75, 3.05) is 19.8 Å². The Hall–Kier alpha value is -0.0800. The van der Waals surface area contributed by atoms with E-state index < -0.39 is 0 Å². The monoisotopic (exact) mass is 142 g/mol. The van der Waals surface area contributed by atoms with E-state index in [1.807, 2.05) is 0 Å². The van der Waals surface area contributed by atoms with Crippen LogP contribution in [0.1, 0.15) is 13.8 Å². The molecule has 2 heteroatoms. The predicted molar refractivity (Wildman–Crippen MR) is 41.8 cm³/mol. The first-order chi connectivity index (χ1) is 4.75. The molecule has 0 amide bonds. The molecule has 1 aliphatic rings.